The molecule has 0 aliphatic rings. The third-order valence-corrected chi connectivity index (χ3v) is 4.08. The number of nitrogens with one attached hydrogen (secondary N) is 2. The Morgan fingerprint density at radius 2 is 1.77 bits per heavy atom. The Morgan fingerprint density at radius 1 is 1.07 bits per heavy atom. The van der Waals surface area contributed by atoms with E-state index in [2.05, 4.69) is 21.8 Å². The summed E-state index contributed by atoms with van der Waals surface area (Å²) in [7, 11) is 1.62. The zero-order valence-corrected chi connectivity index (χ0v) is 16.9. The Hall–Kier alpha value is -3.79. The average molecular weight is 407 g/mol. The molecule has 0 aliphatic carbocycles. The quantitative estimate of drug-likeness (QED) is 0.340. The fourth-order valence-electron chi connectivity index (χ4n) is 2.51. The molecule has 0 radical (unpaired) electrons. The molecule has 0 fully saturated rings. The first kappa shape index (κ1) is 22.5. The highest BCUT2D eigenvalue weighted by atomic mass is 16.5. The number of hydrazone groups is 1. The van der Waals surface area contributed by atoms with Gasteiger partial charge in [0.25, 0.3) is 5.91 Å². The van der Waals surface area contributed by atoms with Gasteiger partial charge in [-0.2, -0.15) is 5.10 Å². The van der Waals surface area contributed by atoms with Gasteiger partial charge >= 0.3 is 0 Å². The molecule has 156 valence electrons. The summed E-state index contributed by atoms with van der Waals surface area (Å²) in [5.41, 5.74) is 4.29. The lowest BCUT2D eigenvalue weighted by Gasteiger charge is -2.05. The first-order chi connectivity index (χ1) is 14.6. The summed E-state index contributed by atoms with van der Waals surface area (Å²) in [4.78, 5) is 23.6. The fraction of sp³-hybridized carbons (Fsp3) is 0.261. The molecular formula is C23H25N3O4. The van der Waals surface area contributed by atoms with Crippen molar-refractivity contribution in [2.24, 2.45) is 5.10 Å². The Labute approximate surface area is 176 Å². The number of hydrogen-bond acceptors (Lipinski definition) is 5. The molecule has 0 unspecified atom stereocenters. The average Bonchev–Trinajstić information content (AvgIpc) is 2.77. The minimum absolute atomic E-state index is 0.127. The van der Waals surface area contributed by atoms with E-state index in [9.17, 15) is 9.59 Å². The summed E-state index contributed by atoms with van der Waals surface area (Å²) in [6, 6.07) is 14.8. The lowest BCUT2D eigenvalue weighted by molar-refractivity contribution is -0.126. The van der Waals surface area contributed by atoms with Crippen molar-refractivity contribution in [1.82, 2.24) is 10.7 Å². The third kappa shape index (κ3) is 8.48. The van der Waals surface area contributed by atoms with Gasteiger partial charge in [-0.05, 0) is 60.4 Å². The van der Waals surface area contributed by atoms with Crippen LogP contribution in [0.15, 0.2) is 53.6 Å². The highest BCUT2D eigenvalue weighted by molar-refractivity contribution is 5.86. The molecule has 0 aliphatic heterocycles. The van der Waals surface area contributed by atoms with Crippen molar-refractivity contribution in [3.63, 3.8) is 0 Å². The lowest BCUT2D eigenvalue weighted by atomic mass is 10.1. The second-order valence-electron chi connectivity index (χ2n) is 6.33. The van der Waals surface area contributed by atoms with Crippen LogP contribution in [0.1, 0.15) is 24.0 Å². The van der Waals surface area contributed by atoms with E-state index in [1.165, 1.54) is 6.21 Å². The molecule has 7 heteroatoms. The Kier molecular flexibility index (Phi) is 9.47. The van der Waals surface area contributed by atoms with E-state index >= 15 is 0 Å². The Bertz CT molecular complexity index is 884. The van der Waals surface area contributed by atoms with Crippen LogP contribution in [0, 0.1) is 12.3 Å². The molecule has 2 N–H and O–H groups in total. The number of methoxy groups -OCH3 is 1. The summed E-state index contributed by atoms with van der Waals surface area (Å²) in [5, 5.41) is 6.45. The zero-order chi connectivity index (χ0) is 21.6. The number of aryl methyl sites for hydroxylation is 1. The van der Waals surface area contributed by atoms with Gasteiger partial charge in [0.1, 0.15) is 18.1 Å². The van der Waals surface area contributed by atoms with Crippen LogP contribution in [-0.2, 0) is 16.0 Å². The molecule has 0 aromatic heterocycles. The summed E-state index contributed by atoms with van der Waals surface area (Å²) in [5.74, 6) is 3.27. The van der Waals surface area contributed by atoms with Gasteiger partial charge < -0.3 is 14.8 Å². The Morgan fingerprint density at radius 3 is 2.43 bits per heavy atom. The van der Waals surface area contributed by atoms with Gasteiger partial charge in [0.05, 0.1) is 19.9 Å². The summed E-state index contributed by atoms with van der Waals surface area (Å²) in [6.07, 6.45) is 8.45. The number of carbonyl (C=O) groups is 2. The van der Waals surface area contributed by atoms with E-state index in [0.29, 0.717) is 18.6 Å². The van der Waals surface area contributed by atoms with Crippen LogP contribution in [0.5, 0.6) is 11.5 Å². The van der Waals surface area contributed by atoms with Gasteiger partial charge in [-0.1, -0.05) is 18.1 Å². The lowest BCUT2D eigenvalue weighted by Crippen LogP contribution is -2.34. The van der Waals surface area contributed by atoms with Crippen LogP contribution in [0.4, 0.5) is 0 Å². The number of ether oxygens (including phenoxy) is 2. The topological polar surface area (TPSA) is 89.0 Å². The van der Waals surface area contributed by atoms with Crippen LogP contribution < -0.4 is 20.2 Å². The molecule has 0 bridgehead atoms. The van der Waals surface area contributed by atoms with Gasteiger partial charge in [-0.3, -0.25) is 9.59 Å². The Balaban J connectivity index is 1.61. The highest BCUT2D eigenvalue weighted by Crippen LogP contribution is 2.13. The number of nitrogens with zero attached hydrogens (tertiary/aromatic N) is 1. The smallest absolute Gasteiger partial charge is 0.259 e. The molecule has 0 heterocycles. The van der Waals surface area contributed by atoms with E-state index in [1.807, 2.05) is 24.3 Å². The van der Waals surface area contributed by atoms with Gasteiger partial charge in [0.2, 0.25) is 5.91 Å². The zero-order valence-electron chi connectivity index (χ0n) is 16.9. The van der Waals surface area contributed by atoms with Gasteiger partial charge in [-0.15, -0.1) is 6.42 Å². The molecule has 0 atom stereocenters. The standard InChI is InChI=1S/C23H25N3O4/c1-3-15-30-21-13-9-19(10-14-21)16-25-26-23(28)17-24-22(27)6-4-5-18-7-11-20(29-2)12-8-18/h1,7-14,16H,4-6,15,17H2,2H3,(H,24,27)(H,26,28). The fourth-order valence-corrected chi connectivity index (χ4v) is 2.51. The molecule has 7 nitrogen and oxygen atoms in total. The monoisotopic (exact) mass is 407 g/mol. The molecule has 0 saturated carbocycles. The number of rotatable bonds is 11. The maximum atomic E-state index is 11.9. The number of hydrogen-bond donors (Lipinski definition) is 2. The number of benzene rings is 2. The van der Waals surface area contributed by atoms with Crippen LogP contribution >= 0.6 is 0 Å². The normalized spacial score (nSPS) is 10.3. The van der Waals surface area contributed by atoms with Gasteiger partial charge in [0.15, 0.2) is 0 Å². The third-order valence-electron chi connectivity index (χ3n) is 4.08. The molecule has 30 heavy (non-hydrogen) atoms. The summed E-state index contributed by atoms with van der Waals surface area (Å²) < 4.78 is 10.4. The number of terminal acetylenes is 1. The van der Waals surface area contributed by atoms with Crippen LogP contribution in [0.25, 0.3) is 0 Å². The maximum Gasteiger partial charge on any atom is 0.259 e. The van der Waals surface area contributed by atoms with E-state index in [-0.39, 0.29) is 19.1 Å². The minimum atomic E-state index is -0.399. The summed E-state index contributed by atoms with van der Waals surface area (Å²) >= 11 is 0. The van der Waals surface area contributed by atoms with Crippen LogP contribution in [0.3, 0.4) is 0 Å². The van der Waals surface area contributed by atoms with Crippen LogP contribution in [0.2, 0.25) is 0 Å². The molecular weight excluding hydrogens is 382 g/mol. The van der Waals surface area contributed by atoms with Crippen molar-refractivity contribution in [3.05, 3.63) is 59.7 Å². The van der Waals surface area contributed by atoms with Crippen molar-refractivity contribution in [3.8, 4) is 23.8 Å². The van der Waals surface area contributed by atoms with Crippen molar-refractivity contribution >= 4 is 18.0 Å². The van der Waals surface area contributed by atoms with Crippen molar-refractivity contribution in [1.29, 1.82) is 0 Å². The van der Waals surface area contributed by atoms with E-state index in [1.54, 1.807) is 31.4 Å². The van der Waals surface area contributed by atoms with Gasteiger partial charge in [0, 0.05) is 6.42 Å². The van der Waals surface area contributed by atoms with Crippen molar-refractivity contribution < 1.29 is 19.1 Å². The van der Waals surface area contributed by atoms with Crippen LogP contribution in [-0.4, -0.2) is 38.3 Å². The van der Waals surface area contributed by atoms with Crippen molar-refractivity contribution in [2.45, 2.75) is 19.3 Å². The minimum Gasteiger partial charge on any atom is -0.497 e. The first-order valence-electron chi connectivity index (χ1n) is 9.48. The number of carbonyl (C=O) groups excluding carboxylic acids is 2. The highest BCUT2D eigenvalue weighted by Gasteiger charge is 2.05. The van der Waals surface area contributed by atoms with E-state index in [0.717, 1.165) is 23.3 Å². The molecule has 0 spiro atoms. The maximum absolute atomic E-state index is 11.9. The molecule has 2 amide bonds. The molecule has 2 aromatic rings. The SMILES string of the molecule is C#CCOc1ccc(C=NNC(=O)CNC(=O)CCCc2ccc(OC)cc2)cc1. The van der Waals surface area contributed by atoms with E-state index < -0.39 is 5.91 Å². The number of amides is 2. The predicted molar refractivity (Wildman–Crippen MR) is 115 cm³/mol. The van der Waals surface area contributed by atoms with E-state index in [4.69, 9.17) is 15.9 Å². The predicted octanol–water partition coefficient (Wildman–Crippen LogP) is 2.30. The molecule has 0 saturated heterocycles. The van der Waals surface area contributed by atoms with Gasteiger partial charge in [-0.25, -0.2) is 5.43 Å². The first-order valence-corrected chi connectivity index (χ1v) is 9.48. The second kappa shape index (κ2) is 12.6. The molecule has 2 aromatic carbocycles. The summed E-state index contributed by atoms with van der Waals surface area (Å²) in [6.45, 7) is 0.0777. The largest absolute Gasteiger partial charge is 0.497 e. The molecule has 2 rings (SSSR count). The van der Waals surface area contributed by atoms with Crippen molar-refractivity contribution in [2.75, 3.05) is 20.3 Å². The second-order valence-corrected chi connectivity index (χ2v) is 6.33.